The lowest BCUT2D eigenvalue weighted by Gasteiger charge is -2.40. The minimum absolute atomic E-state index is 0.0388. The zero-order chi connectivity index (χ0) is 25.7. The largest absolute Gasteiger partial charge is 0.449 e. The van der Waals surface area contributed by atoms with Crippen LogP contribution in [-0.4, -0.2) is 76.0 Å². The second kappa shape index (κ2) is 11.2. The molecule has 0 bridgehead atoms. The van der Waals surface area contributed by atoms with E-state index in [0.29, 0.717) is 38.6 Å². The zero-order valence-corrected chi connectivity index (χ0v) is 21.5. The Hall–Kier alpha value is -3.20. The minimum Gasteiger partial charge on any atom is -0.449 e. The Morgan fingerprint density at radius 1 is 1.08 bits per heavy atom. The SMILES string of the molecule is CCCCOC(=O)N1CCN(C(=O)[C@@](C)(NC(=O)c2cc(Cl)nc(-c3ccccc3)n2)C2CC2)CC1. The number of nitrogens with zero attached hydrogens (tertiary/aromatic N) is 4. The second-order valence-corrected chi connectivity index (χ2v) is 9.83. The highest BCUT2D eigenvalue weighted by molar-refractivity contribution is 6.29. The number of unbranched alkanes of at least 4 members (excludes halogenated alkanes) is 1. The fourth-order valence-electron chi connectivity index (χ4n) is 4.36. The summed E-state index contributed by atoms with van der Waals surface area (Å²) in [6.07, 6.45) is 3.14. The molecule has 1 aliphatic heterocycles. The van der Waals surface area contributed by atoms with E-state index in [1.54, 1.807) is 16.7 Å². The molecule has 2 aliphatic rings. The number of piperazine rings is 1. The van der Waals surface area contributed by atoms with Crippen molar-refractivity contribution >= 4 is 29.5 Å². The highest BCUT2D eigenvalue weighted by Crippen LogP contribution is 2.41. The predicted molar refractivity (Wildman–Crippen MR) is 135 cm³/mol. The number of hydrogen-bond donors (Lipinski definition) is 1. The Labute approximate surface area is 216 Å². The maximum atomic E-state index is 13.6. The van der Waals surface area contributed by atoms with Gasteiger partial charge in [-0.05, 0) is 32.1 Å². The Morgan fingerprint density at radius 3 is 2.39 bits per heavy atom. The van der Waals surface area contributed by atoms with E-state index in [0.717, 1.165) is 31.2 Å². The van der Waals surface area contributed by atoms with Gasteiger partial charge in [-0.15, -0.1) is 0 Å². The van der Waals surface area contributed by atoms with Gasteiger partial charge in [-0.2, -0.15) is 0 Å². The van der Waals surface area contributed by atoms with Crippen LogP contribution in [0.2, 0.25) is 5.15 Å². The van der Waals surface area contributed by atoms with Gasteiger partial charge < -0.3 is 19.9 Å². The van der Waals surface area contributed by atoms with Crippen molar-refractivity contribution in [2.24, 2.45) is 5.92 Å². The van der Waals surface area contributed by atoms with Crippen molar-refractivity contribution in [3.8, 4) is 11.4 Å². The van der Waals surface area contributed by atoms with Crippen LogP contribution in [0.4, 0.5) is 4.79 Å². The number of rotatable bonds is 8. The normalized spacial score (nSPS) is 17.3. The topological polar surface area (TPSA) is 105 Å². The van der Waals surface area contributed by atoms with Crippen molar-refractivity contribution in [1.82, 2.24) is 25.1 Å². The van der Waals surface area contributed by atoms with Crippen molar-refractivity contribution in [3.63, 3.8) is 0 Å². The summed E-state index contributed by atoms with van der Waals surface area (Å²) in [5.41, 5.74) is -0.236. The van der Waals surface area contributed by atoms with E-state index < -0.39 is 11.4 Å². The molecule has 1 saturated carbocycles. The number of aromatic nitrogens is 2. The van der Waals surface area contributed by atoms with Crippen LogP contribution in [0.15, 0.2) is 36.4 Å². The standard InChI is InChI=1S/C26H32ClN5O4/c1-3-4-16-36-25(35)32-14-12-31(13-15-32)24(34)26(2,19-10-11-19)30-23(33)20-17-21(27)29-22(28-20)18-8-6-5-7-9-18/h5-9,17,19H,3-4,10-16H2,1-2H3,(H,30,33)/t26-/m0/s1. The van der Waals surface area contributed by atoms with Gasteiger partial charge in [-0.1, -0.05) is 55.3 Å². The smallest absolute Gasteiger partial charge is 0.409 e. The summed E-state index contributed by atoms with van der Waals surface area (Å²) in [6, 6.07) is 10.7. The molecule has 0 spiro atoms. The summed E-state index contributed by atoms with van der Waals surface area (Å²) < 4.78 is 5.29. The third-order valence-electron chi connectivity index (χ3n) is 6.72. The molecule has 2 aromatic rings. The molecule has 1 N–H and O–H groups in total. The molecule has 2 heterocycles. The van der Waals surface area contributed by atoms with E-state index in [4.69, 9.17) is 16.3 Å². The molecule has 3 amide bonds. The van der Waals surface area contributed by atoms with Crippen LogP contribution in [0.1, 0.15) is 50.0 Å². The first kappa shape index (κ1) is 25.9. The van der Waals surface area contributed by atoms with Crippen LogP contribution in [0.25, 0.3) is 11.4 Å². The summed E-state index contributed by atoms with van der Waals surface area (Å²) >= 11 is 6.20. The van der Waals surface area contributed by atoms with Crippen molar-refractivity contribution in [2.45, 2.75) is 45.1 Å². The maximum absolute atomic E-state index is 13.6. The fraction of sp³-hybridized carbons (Fsp3) is 0.500. The van der Waals surface area contributed by atoms with Crippen LogP contribution in [-0.2, 0) is 9.53 Å². The summed E-state index contributed by atoms with van der Waals surface area (Å²) in [5.74, 6) is -0.246. The van der Waals surface area contributed by atoms with E-state index in [-0.39, 0.29) is 28.8 Å². The van der Waals surface area contributed by atoms with Gasteiger partial charge in [0.1, 0.15) is 16.4 Å². The molecule has 1 atom stereocenters. The van der Waals surface area contributed by atoms with E-state index >= 15 is 0 Å². The van der Waals surface area contributed by atoms with Gasteiger partial charge in [0.05, 0.1) is 6.61 Å². The van der Waals surface area contributed by atoms with Gasteiger partial charge in [0, 0.05) is 37.8 Å². The molecule has 1 saturated heterocycles. The quantitative estimate of drug-likeness (QED) is 0.425. The molecule has 10 heteroatoms. The van der Waals surface area contributed by atoms with Crippen LogP contribution in [0, 0.1) is 5.92 Å². The Kier molecular flexibility index (Phi) is 8.08. The first-order chi connectivity index (χ1) is 17.3. The van der Waals surface area contributed by atoms with Crippen molar-refractivity contribution in [3.05, 3.63) is 47.2 Å². The van der Waals surface area contributed by atoms with Crippen molar-refractivity contribution in [2.75, 3.05) is 32.8 Å². The van der Waals surface area contributed by atoms with Crippen LogP contribution >= 0.6 is 11.6 Å². The molecule has 1 aromatic carbocycles. The average molecular weight is 514 g/mol. The summed E-state index contributed by atoms with van der Waals surface area (Å²) in [7, 11) is 0. The molecule has 36 heavy (non-hydrogen) atoms. The van der Waals surface area contributed by atoms with Gasteiger partial charge in [0.15, 0.2) is 5.82 Å². The number of benzene rings is 1. The number of hydrogen-bond acceptors (Lipinski definition) is 6. The summed E-state index contributed by atoms with van der Waals surface area (Å²) in [5, 5.41) is 3.11. The number of amides is 3. The Balaban J connectivity index is 1.44. The van der Waals surface area contributed by atoms with Crippen LogP contribution < -0.4 is 5.32 Å². The number of carbonyl (C=O) groups is 3. The second-order valence-electron chi connectivity index (χ2n) is 9.44. The first-order valence-electron chi connectivity index (χ1n) is 12.5. The highest BCUT2D eigenvalue weighted by atomic mass is 35.5. The highest BCUT2D eigenvalue weighted by Gasteiger charge is 2.50. The molecule has 192 valence electrons. The monoisotopic (exact) mass is 513 g/mol. The van der Waals surface area contributed by atoms with Crippen LogP contribution in [0.5, 0.6) is 0 Å². The summed E-state index contributed by atoms with van der Waals surface area (Å²) in [4.78, 5) is 51.1. The first-order valence-corrected chi connectivity index (χ1v) is 12.8. The summed E-state index contributed by atoms with van der Waals surface area (Å²) in [6.45, 7) is 5.78. The van der Waals surface area contributed by atoms with E-state index in [1.807, 2.05) is 37.3 Å². The molecular weight excluding hydrogens is 482 g/mol. The number of ether oxygens (including phenoxy) is 1. The maximum Gasteiger partial charge on any atom is 0.409 e. The predicted octanol–water partition coefficient (Wildman–Crippen LogP) is 3.78. The molecule has 9 nitrogen and oxygen atoms in total. The molecule has 0 unspecified atom stereocenters. The fourth-order valence-corrected chi connectivity index (χ4v) is 4.54. The van der Waals surface area contributed by atoms with Gasteiger partial charge in [0.25, 0.3) is 5.91 Å². The van der Waals surface area contributed by atoms with Gasteiger partial charge >= 0.3 is 6.09 Å². The average Bonchev–Trinajstić information content (AvgIpc) is 3.75. The van der Waals surface area contributed by atoms with Crippen LogP contribution in [0.3, 0.4) is 0 Å². The molecule has 1 aliphatic carbocycles. The minimum atomic E-state index is -1.08. The van der Waals surface area contributed by atoms with E-state index in [9.17, 15) is 14.4 Å². The lowest BCUT2D eigenvalue weighted by atomic mass is 9.93. The molecular formula is C26H32ClN5O4. The van der Waals surface area contributed by atoms with Gasteiger partial charge in [-0.3, -0.25) is 9.59 Å². The van der Waals surface area contributed by atoms with E-state index in [2.05, 4.69) is 15.3 Å². The third-order valence-corrected chi connectivity index (χ3v) is 6.91. The number of nitrogens with one attached hydrogen (secondary N) is 1. The van der Waals surface area contributed by atoms with E-state index in [1.165, 1.54) is 6.07 Å². The molecule has 2 fully saturated rings. The molecule has 0 radical (unpaired) electrons. The third kappa shape index (κ3) is 5.95. The Morgan fingerprint density at radius 2 is 1.75 bits per heavy atom. The lowest BCUT2D eigenvalue weighted by molar-refractivity contribution is -0.140. The van der Waals surface area contributed by atoms with Gasteiger partial charge in [-0.25, -0.2) is 14.8 Å². The zero-order valence-electron chi connectivity index (χ0n) is 20.7. The Bertz CT molecular complexity index is 1100. The lowest BCUT2D eigenvalue weighted by Crippen LogP contribution is -2.62. The molecule has 1 aromatic heterocycles. The number of carbonyl (C=O) groups excluding carboxylic acids is 3. The molecule has 4 rings (SSSR count). The van der Waals surface area contributed by atoms with Crippen molar-refractivity contribution in [1.29, 1.82) is 0 Å². The van der Waals surface area contributed by atoms with Gasteiger partial charge in [0.2, 0.25) is 5.91 Å². The number of halogens is 1. The van der Waals surface area contributed by atoms with Crippen molar-refractivity contribution < 1.29 is 19.1 Å².